The van der Waals surface area contributed by atoms with Crippen LogP contribution in [0.25, 0.3) is 0 Å². The second-order valence-corrected chi connectivity index (χ2v) is 7.34. The summed E-state index contributed by atoms with van der Waals surface area (Å²) in [5.41, 5.74) is 1.25. The third-order valence-electron chi connectivity index (χ3n) is 3.62. The number of hydrogen-bond donors (Lipinski definition) is 1. The maximum Gasteiger partial charge on any atom is 0.242 e. The molecule has 1 aliphatic rings. The molecule has 0 saturated carbocycles. The van der Waals surface area contributed by atoms with Gasteiger partial charge < -0.3 is 5.32 Å². The summed E-state index contributed by atoms with van der Waals surface area (Å²) in [6.45, 7) is 2.22. The molecule has 1 heterocycles. The normalized spacial score (nSPS) is 18.8. The fourth-order valence-electron chi connectivity index (χ4n) is 2.62. The van der Waals surface area contributed by atoms with E-state index in [-0.39, 0.29) is 11.7 Å². The Kier molecular flexibility index (Phi) is 5.22. The third-order valence-corrected chi connectivity index (χ3v) is 5.70. The number of rotatable bonds is 5. The van der Waals surface area contributed by atoms with Crippen LogP contribution in [0.2, 0.25) is 0 Å². The van der Waals surface area contributed by atoms with E-state index in [9.17, 15) is 13.2 Å². The Morgan fingerprint density at radius 3 is 2.95 bits per heavy atom. The van der Waals surface area contributed by atoms with E-state index in [2.05, 4.69) is 11.2 Å². The molecule has 2 rings (SSSR count). The highest BCUT2D eigenvalue weighted by Gasteiger charge is 2.37. The van der Waals surface area contributed by atoms with Crippen LogP contribution in [0.3, 0.4) is 0 Å². The standard InChI is InChI=1S/C16H20N2O3S/c1-3-11-22(20,21)18-10-6-9-15(18)16(19)17-14-8-5-7-13(4-2)12-14/h2,5,7-8,12,15H,3,6,9-11H2,1H3,(H,17,19). The van der Waals surface area contributed by atoms with Crippen LogP contribution in [0.5, 0.6) is 0 Å². The van der Waals surface area contributed by atoms with Gasteiger partial charge in [-0.15, -0.1) is 6.42 Å². The highest BCUT2D eigenvalue weighted by molar-refractivity contribution is 7.89. The number of carbonyl (C=O) groups excluding carboxylic acids is 1. The van der Waals surface area contributed by atoms with Gasteiger partial charge in [-0.05, 0) is 37.5 Å². The van der Waals surface area contributed by atoms with Gasteiger partial charge in [0.2, 0.25) is 15.9 Å². The molecule has 1 aromatic rings. The smallest absolute Gasteiger partial charge is 0.242 e. The first-order valence-corrected chi connectivity index (χ1v) is 8.96. The number of nitrogens with one attached hydrogen (secondary N) is 1. The van der Waals surface area contributed by atoms with E-state index < -0.39 is 16.1 Å². The minimum Gasteiger partial charge on any atom is -0.325 e. The molecule has 0 radical (unpaired) electrons. The van der Waals surface area contributed by atoms with Crippen LogP contribution < -0.4 is 5.32 Å². The Hall–Kier alpha value is -1.84. The van der Waals surface area contributed by atoms with Gasteiger partial charge in [0.1, 0.15) is 6.04 Å². The minimum absolute atomic E-state index is 0.0728. The van der Waals surface area contributed by atoms with Gasteiger partial charge in [-0.1, -0.05) is 18.9 Å². The zero-order chi connectivity index (χ0) is 16.2. The highest BCUT2D eigenvalue weighted by atomic mass is 32.2. The summed E-state index contributed by atoms with van der Waals surface area (Å²) in [5, 5.41) is 2.76. The van der Waals surface area contributed by atoms with Crippen molar-refractivity contribution in [2.24, 2.45) is 0 Å². The topological polar surface area (TPSA) is 66.5 Å². The average molecular weight is 320 g/mol. The van der Waals surface area contributed by atoms with E-state index in [4.69, 9.17) is 6.42 Å². The molecule has 1 amide bonds. The predicted octanol–water partition coefficient (Wildman–Crippen LogP) is 1.81. The summed E-state index contributed by atoms with van der Waals surface area (Å²) in [7, 11) is -3.37. The summed E-state index contributed by atoms with van der Waals surface area (Å²) in [4.78, 5) is 12.4. The lowest BCUT2D eigenvalue weighted by Gasteiger charge is -2.23. The molecular formula is C16H20N2O3S. The van der Waals surface area contributed by atoms with Gasteiger partial charge in [0.05, 0.1) is 5.75 Å². The molecule has 1 unspecified atom stereocenters. The molecule has 5 nitrogen and oxygen atoms in total. The molecule has 0 aromatic heterocycles. The van der Waals surface area contributed by atoms with Crippen molar-refractivity contribution in [3.8, 4) is 12.3 Å². The summed E-state index contributed by atoms with van der Waals surface area (Å²) < 4.78 is 25.8. The molecular weight excluding hydrogens is 300 g/mol. The summed E-state index contributed by atoms with van der Waals surface area (Å²) in [5.74, 6) is 2.28. The van der Waals surface area contributed by atoms with Crippen molar-refractivity contribution in [1.82, 2.24) is 4.31 Å². The Bertz CT molecular complexity index is 692. The van der Waals surface area contributed by atoms with Crippen molar-refractivity contribution >= 4 is 21.6 Å². The lowest BCUT2D eigenvalue weighted by molar-refractivity contribution is -0.119. The van der Waals surface area contributed by atoms with Crippen LogP contribution in [0.1, 0.15) is 31.7 Å². The molecule has 22 heavy (non-hydrogen) atoms. The summed E-state index contributed by atoms with van der Waals surface area (Å²) in [6.07, 6.45) is 7.12. The zero-order valence-corrected chi connectivity index (χ0v) is 13.4. The largest absolute Gasteiger partial charge is 0.325 e. The Balaban J connectivity index is 2.13. The van der Waals surface area contributed by atoms with Crippen LogP contribution in [0.4, 0.5) is 5.69 Å². The molecule has 1 aromatic carbocycles. The fourth-order valence-corrected chi connectivity index (χ4v) is 4.37. The molecule has 1 atom stereocenters. The number of hydrogen-bond acceptors (Lipinski definition) is 3. The molecule has 0 aliphatic carbocycles. The van der Waals surface area contributed by atoms with Gasteiger partial charge in [-0.25, -0.2) is 8.42 Å². The van der Waals surface area contributed by atoms with Crippen molar-refractivity contribution < 1.29 is 13.2 Å². The molecule has 1 saturated heterocycles. The van der Waals surface area contributed by atoms with E-state index in [0.29, 0.717) is 37.1 Å². The molecule has 0 spiro atoms. The van der Waals surface area contributed by atoms with Crippen molar-refractivity contribution in [3.05, 3.63) is 29.8 Å². The van der Waals surface area contributed by atoms with E-state index in [1.807, 2.05) is 6.92 Å². The fraction of sp³-hybridized carbons (Fsp3) is 0.438. The van der Waals surface area contributed by atoms with Crippen LogP contribution in [-0.2, 0) is 14.8 Å². The number of amides is 1. The van der Waals surface area contributed by atoms with Gasteiger partial charge in [0.25, 0.3) is 0 Å². The van der Waals surface area contributed by atoms with Crippen molar-refractivity contribution in [1.29, 1.82) is 0 Å². The highest BCUT2D eigenvalue weighted by Crippen LogP contribution is 2.23. The number of carbonyl (C=O) groups is 1. The van der Waals surface area contributed by atoms with Gasteiger partial charge >= 0.3 is 0 Å². The van der Waals surface area contributed by atoms with Gasteiger partial charge in [-0.2, -0.15) is 4.31 Å². The predicted molar refractivity (Wildman–Crippen MR) is 86.8 cm³/mol. The maximum atomic E-state index is 12.4. The first-order valence-electron chi connectivity index (χ1n) is 7.35. The first-order chi connectivity index (χ1) is 10.5. The number of terminal acetylenes is 1. The number of nitrogens with zero attached hydrogens (tertiary/aromatic N) is 1. The number of sulfonamides is 1. The van der Waals surface area contributed by atoms with E-state index in [1.54, 1.807) is 24.3 Å². The van der Waals surface area contributed by atoms with Gasteiger partial charge in [0.15, 0.2) is 0 Å². The molecule has 0 bridgehead atoms. The Labute approximate surface area is 131 Å². The lowest BCUT2D eigenvalue weighted by atomic mass is 10.2. The zero-order valence-electron chi connectivity index (χ0n) is 12.6. The first kappa shape index (κ1) is 16.5. The molecule has 1 N–H and O–H groups in total. The lowest BCUT2D eigenvalue weighted by Crippen LogP contribution is -2.44. The van der Waals surface area contributed by atoms with Crippen LogP contribution in [0, 0.1) is 12.3 Å². The Morgan fingerprint density at radius 2 is 2.27 bits per heavy atom. The average Bonchev–Trinajstić information content (AvgIpc) is 2.98. The summed E-state index contributed by atoms with van der Waals surface area (Å²) in [6, 6.07) is 6.32. The minimum atomic E-state index is -3.37. The van der Waals surface area contributed by atoms with Crippen molar-refractivity contribution in [3.63, 3.8) is 0 Å². The number of benzene rings is 1. The van der Waals surface area contributed by atoms with Crippen LogP contribution in [-0.4, -0.2) is 37.0 Å². The van der Waals surface area contributed by atoms with Crippen molar-refractivity contribution in [2.75, 3.05) is 17.6 Å². The van der Waals surface area contributed by atoms with Gasteiger partial charge in [0, 0.05) is 17.8 Å². The SMILES string of the molecule is C#Cc1cccc(NC(=O)C2CCCN2S(=O)(=O)CCC)c1. The van der Waals surface area contributed by atoms with Crippen LogP contribution in [0.15, 0.2) is 24.3 Å². The quantitative estimate of drug-likeness (QED) is 0.842. The maximum absolute atomic E-state index is 12.4. The monoisotopic (exact) mass is 320 g/mol. The van der Waals surface area contributed by atoms with Crippen LogP contribution >= 0.6 is 0 Å². The molecule has 1 aliphatic heterocycles. The second-order valence-electron chi connectivity index (χ2n) is 5.30. The summed E-state index contributed by atoms with van der Waals surface area (Å²) >= 11 is 0. The van der Waals surface area contributed by atoms with E-state index in [0.717, 1.165) is 0 Å². The molecule has 118 valence electrons. The van der Waals surface area contributed by atoms with Crippen molar-refractivity contribution in [2.45, 2.75) is 32.2 Å². The molecule has 6 heteroatoms. The Morgan fingerprint density at radius 1 is 1.50 bits per heavy atom. The van der Waals surface area contributed by atoms with E-state index in [1.165, 1.54) is 4.31 Å². The third kappa shape index (κ3) is 3.67. The molecule has 1 fully saturated rings. The van der Waals surface area contributed by atoms with Gasteiger partial charge in [-0.3, -0.25) is 4.79 Å². The number of anilines is 1. The van der Waals surface area contributed by atoms with E-state index >= 15 is 0 Å². The second kappa shape index (κ2) is 6.95.